The summed E-state index contributed by atoms with van der Waals surface area (Å²) in [6, 6.07) is 9.71. The van der Waals surface area contributed by atoms with Gasteiger partial charge in [-0.1, -0.05) is 30.0 Å². The zero-order valence-electron chi connectivity index (χ0n) is 16.1. The second kappa shape index (κ2) is 8.48. The predicted octanol–water partition coefficient (Wildman–Crippen LogP) is 1.87. The van der Waals surface area contributed by atoms with Crippen LogP contribution in [0.15, 0.2) is 41.7 Å². The molecule has 1 aromatic carbocycles. The smallest absolute Gasteiger partial charge is 0.264 e. The highest BCUT2D eigenvalue weighted by atomic mass is 32.2. The first-order valence-corrected chi connectivity index (χ1v) is 10.0. The minimum absolute atomic E-state index is 0.0749. The van der Waals surface area contributed by atoms with Gasteiger partial charge >= 0.3 is 0 Å². The Bertz CT molecular complexity index is 1020. The number of amides is 1. The molecule has 0 bridgehead atoms. The molecule has 9 nitrogen and oxygen atoms in total. The summed E-state index contributed by atoms with van der Waals surface area (Å²) < 4.78 is 12.7. The summed E-state index contributed by atoms with van der Waals surface area (Å²) in [6.07, 6.45) is 2.45. The van der Waals surface area contributed by atoms with Gasteiger partial charge < -0.3 is 14.4 Å². The first-order valence-electron chi connectivity index (χ1n) is 9.05. The number of aromatic nitrogens is 5. The molecule has 4 rings (SSSR count). The highest BCUT2D eigenvalue weighted by Crippen LogP contribution is 2.30. The summed E-state index contributed by atoms with van der Waals surface area (Å²) in [4.78, 5) is 18.8. The van der Waals surface area contributed by atoms with Crippen LogP contribution in [0.2, 0.25) is 0 Å². The number of nitrogens with zero attached hydrogens (tertiary/aromatic N) is 6. The topological polar surface area (TPSA) is 95.3 Å². The molecule has 0 fully saturated rings. The van der Waals surface area contributed by atoms with Gasteiger partial charge in [0.25, 0.3) is 5.91 Å². The molecule has 0 N–H and O–H groups in total. The van der Waals surface area contributed by atoms with Gasteiger partial charge in [-0.3, -0.25) is 9.78 Å². The van der Waals surface area contributed by atoms with Gasteiger partial charge in [0.1, 0.15) is 0 Å². The number of thioether (sulfide) groups is 1. The number of pyridine rings is 1. The molecule has 10 heteroatoms. The molecule has 0 spiro atoms. The predicted molar refractivity (Wildman–Crippen MR) is 107 cm³/mol. The third-order valence-corrected chi connectivity index (χ3v) is 5.62. The zero-order chi connectivity index (χ0) is 20.2. The number of aryl methyl sites for hydroxylation is 1. The Balaban J connectivity index is 1.42. The van der Waals surface area contributed by atoms with Crippen molar-refractivity contribution in [3.63, 3.8) is 0 Å². The Morgan fingerprint density at radius 1 is 1.28 bits per heavy atom. The van der Waals surface area contributed by atoms with Gasteiger partial charge in [0.15, 0.2) is 18.1 Å². The van der Waals surface area contributed by atoms with Crippen LogP contribution >= 0.6 is 11.8 Å². The maximum Gasteiger partial charge on any atom is 0.264 e. The third kappa shape index (κ3) is 4.16. The largest absolute Gasteiger partial charge is 0.491 e. The Kier molecular flexibility index (Phi) is 5.61. The summed E-state index contributed by atoms with van der Waals surface area (Å²) in [7, 11) is 3.32. The zero-order valence-corrected chi connectivity index (χ0v) is 16.9. The van der Waals surface area contributed by atoms with Gasteiger partial charge in [0, 0.05) is 31.1 Å². The highest BCUT2D eigenvalue weighted by Gasteiger charge is 2.24. The molecule has 150 valence electrons. The number of rotatable bonds is 7. The van der Waals surface area contributed by atoms with Crippen LogP contribution in [-0.2, 0) is 24.0 Å². The van der Waals surface area contributed by atoms with Crippen LogP contribution in [0.5, 0.6) is 11.5 Å². The molecule has 1 aliphatic heterocycles. The lowest BCUT2D eigenvalue weighted by Crippen LogP contribution is -2.33. The van der Waals surface area contributed by atoms with Gasteiger partial charge in [0.05, 0.1) is 19.0 Å². The number of hydrogen-bond acceptors (Lipinski definition) is 8. The number of benzene rings is 1. The normalized spacial score (nSPS) is 12.7. The van der Waals surface area contributed by atoms with E-state index >= 15 is 0 Å². The fraction of sp³-hybridized carbons (Fsp3) is 0.316. The van der Waals surface area contributed by atoms with Crippen LogP contribution < -0.4 is 14.4 Å². The van der Waals surface area contributed by atoms with Gasteiger partial charge in [-0.05, 0) is 28.5 Å². The van der Waals surface area contributed by atoms with Crippen LogP contribution in [0, 0.1) is 0 Å². The number of hydrogen-bond donors (Lipinski definition) is 0. The van der Waals surface area contributed by atoms with E-state index in [-0.39, 0.29) is 12.5 Å². The van der Waals surface area contributed by atoms with Crippen molar-refractivity contribution in [1.29, 1.82) is 0 Å². The maximum atomic E-state index is 12.7. The van der Waals surface area contributed by atoms with E-state index in [4.69, 9.17) is 9.47 Å². The Morgan fingerprint density at radius 2 is 2.14 bits per heavy atom. The number of anilines is 1. The van der Waals surface area contributed by atoms with Crippen molar-refractivity contribution >= 4 is 23.4 Å². The first kappa shape index (κ1) is 19.2. The van der Waals surface area contributed by atoms with E-state index in [1.54, 1.807) is 36.0 Å². The molecule has 3 heterocycles. The molecule has 1 aliphatic rings. The molecular formula is C19H20N6O3S. The minimum Gasteiger partial charge on any atom is -0.491 e. The van der Waals surface area contributed by atoms with E-state index in [9.17, 15) is 4.79 Å². The molecule has 0 aliphatic carbocycles. The van der Waals surface area contributed by atoms with Crippen molar-refractivity contribution in [1.82, 2.24) is 25.2 Å². The number of carbonyl (C=O) groups is 1. The van der Waals surface area contributed by atoms with Crippen LogP contribution in [0.1, 0.15) is 11.3 Å². The Morgan fingerprint density at radius 3 is 2.93 bits per heavy atom. The standard InChI is InChI=1S/C19H20N6O3S/c1-24-19(21-22-23-24)29-12-14-9-16(17(27-2)10-20-14)28-11-18(26)25-8-7-13-5-3-4-6-15(13)25/h3-6,9-10H,7-8,11-12H2,1-2H3. The summed E-state index contributed by atoms with van der Waals surface area (Å²) in [6.45, 7) is 0.594. The van der Waals surface area contributed by atoms with Crippen molar-refractivity contribution in [2.24, 2.45) is 7.05 Å². The Hall–Kier alpha value is -3.14. The van der Waals surface area contributed by atoms with Gasteiger partial charge in [-0.25, -0.2) is 4.68 Å². The van der Waals surface area contributed by atoms with Crippen LogP contribution in [0.4, 0.5) is 5.69 Å². The molecule has 0 saturated carbocycles. The van der Waals surface area contributed by atoms with Crippen LogP contribution in [-0.4, -0.2) is 51.4 Å². The molecule has 29 heavy (non-hydrogen) atoms. The highest BCUT2D eigenvalue weighted by molar-refractivity contribution is 7.98. The van der Waals surface area contributed by atoms with Crippen molar-refractivity contribution in [2.75, 3.05) is 25.2 Å². The summed E-state index contributed by atoms with van der Waals surface area (Å²) in [5.41, 5.74) is 2.91. The SMILES string of the molecule is COc1cnc(CSc2nnnn2C)cc1OCC(=O)N1CCc2ccccc21. The lowest BCUT2D eigenvalue weighted by Gasteiger charge is -2.18. The molecular weight excluding hydrogens is 392 g/mol. The van der Waals surface area contributed by atoms with Crippen LogP contribution in [0.25, 0.3) is 0 Å². The van der Waals surface area contributed by atoms with E-state index in [0.29, 0.717) is 29.0 Å². The molecule has 0 radical (unpaired) electrons. The molecule has 2 aromatic heterocycles. The number of tetrazole rings is 1. The number of ether oxygens (including phenoxy) is 2. The van der Waals surface area contributed by atoms with E-state index in [1.807, 2.05) is 24.3 Å². The number of carbonyl (C=O) groups excluding carboxylic acids is 1. The molecule has 0 saturated heterocycles. The molecule has 0 unspecified atom stereocenters. The number of para-hydroxylation sites is 1. The maximum absolute atomic E-state index is 12.7. The average molecular weight is 412 g/mol. The van der Waals surface area contributed by atoms with Crippen molar-refractivity contribution in [3.05, 3.63) is 47.8 Å². The third-order valence-electron chi connectivity index (χ3n) is 4.58. The van der Waals surface area contributed by atoms with Gasteiger partial charge in [-0.15, -0.1) is 5.10 Å². The van der Waals surface area contributed by atoms with E-state index in [0.717, 1.165) is 17.8 Å². The molecule has 3 aromatic rings. The Labute approximate surface area is 172 Å². The van der Waals surface area contributed by atoms with Crippen molar-refractivity contribution in [3.8, 4) is 11.5 Å². The first-order chi connectivity index (χ1) is 14.2. The summed E-state index contributed by atoms with van der Waals surface area (Å²) in [5.74, 6) is 1.43. The summed E-state index contributed by atoms with van der Waals surface area (Å²) >= 11 is 1.46. The monoisotopic (exact) mass is 412 g/mol. The molecule has 0 atom stereocenters. The van der Waals surface area contributed by atoms with E-state index in [2.05, 4.69) is 20.5 Å². The second-order valence-electron chi connectivity index (χ2n) is 6.41. The number of fused-ring (bicyclic) bond motifs is 1. The fourth-order valence-electron chi connectivity index (χ4n) is 3.11. The van der Waals surface area contributed by atoms with Crippen molar-refractivity contribution < 1.29 is 14.3 Å². The van der Waals surface area contributed by atoms with Gasteiger partial charge in [-0.2, -0.15) is 0 Å². The van der Waals surface area contributed by atoms with Crippen LogP contribution in [0.3, 0.4) is 0 Å². The molecule has 1 amide bonds. The second-order valence-corrected chi connectivity index (χ2v) is 7.36. The quantitative estimate of drug-likeness (QED) is 0.543. The lowest BCUT2D eigenvalue weighted by atomic mass is 10.2. The number of methoxy groups -OCH3 is 1. The average Bonchev–Trinajstić information content (AvgIpc) is 3.36. The summed E-state index contributed by atoms with van der Waals surface area (Å²) in [5, 5.41) is 12.0. The van der Waals surface area contributed by atoms with E-state index in [1.165, 1.54) is 17.3 Å². The lowest BCUT2D eigenvalue weighted by molar-refractivity contribution is -0.120. The fourth-order valence-corrected chi connectivity index (χ4v) is 3.86. The van der Waals surface area contributed by atoms with Crippen molar-refractivity contribution in [2.45, 2.75) is 17.3 Å². The van der Waals surface area contributed by atoms with Gasteiger partial charge in [0.2, 0.25) is 5.16 Å². The minimum atomic E-state index is -0.0881. The van der Waals surface area contributed by atoms with E-state index < -0.39 is 0 Å².